The number of nitrogens with zero attached hydrogens (tertiary/aromatic N) is 1. The van der Waals surface area contributed by atoms with Crippen molar-refractivity contribution in [3.8, 4) is 0 Å². The Morgan fingerprint density at radius 3 is 2.64 bits per heavy atom. The van der Waals surface area contributed by atoms with E-state index in [4.69, 9.17) is 0 Å². The zero-order valence-electron chi connectivity index (χ0n) is 13.6. The highest BCUT2D eigenvalue weighted by atomic mass is 32.1. The van der Waals surface area contributed by atoms with Crippen LogP contribution in [0, 0.1) is 25.5 Å². The SMILES string of the molecule is Cc1cccc(Nc2nc(C)c(C(=O)Nc3ccc(F)cc3F)s2)c1. The van der Waals surface area contributed by atoms with Crippen LogP contribution in [-0.4, -0.2) is 10.9 Å². The van der Waals surface area contributed by atoms with Crippen LogP contribution in [0.15, 0.2) is 42.5 Å². The highest BCUT2D eigenvalue weighted by molar-refractivity contribution is 7.17. The minimum atomic E-state index is -0.825. The molecule has 7 heteroatoms. The molecular formula is C18H15F2N3OS. The lowest BCUT2D eigenvalue weighted by Crippen LogP contribution is -2.12. The third kappa shape index (κ3) is 4.00. The zero-order valence-corrected chi connectivity index (χ0v) is 14.4. The van der Waals surface area contributed by atoms with Gasteiger partial charge in [-0.25, -0.2) is 13.8 Å². The Bertz CT molecular complexity index is 940. The highest BCUT2D eigenvalue weighted by Gasteiger charge is 2.17. The second-order valence-corrected chi connectivity index (χ2v) is 6.51. The topological polar surface area (TPSA) is 54.0 Å². The van der Waals surface area contributed by atoms with Gasteiger partial charge in [-0.3, -0.25) is 4.79 Å². The number of carbonyl (C=O) groups is 1. The van der Waals surface area contributed by atoms with Crippen LogP contribution in [-0.2, 0) is 0 Å². The molecule has 0 radical (unpaired) electrons. The van der Waals surface area contributed by atoms with E-state index in [1.807, 2.05) is 31.2 Å². The summed E-state index contributed by atoms with van der Waals surface area (Å²) in [5.74, 6) is -2.01. The first kappa shape index (κ1) is 17.0. The zero-order chi connectivity index (χ0) is 18.0. The first-order valence-electron chi connectivity index (χ1n) is 7.50. The molecule has 2 N–H and O–H groups in total. The van der Waals surface area contributed by atoms with Gasteiger partial charge in [0, 0.05) is 11.8 Å². The molecule has 0 spiro atoms. The van der Waals surface area contributed by atoms with Crippen molar-refractivity contribution in [3.63, 3.8) is 0 Å². The van der Waals surface area contributed by atoms with E-state index in [1.54, 1.807) is 6.92 Å². The number of nitrogens with one attached hydrogen (secondary N) is 2. The van der Waals surface area contributed by atoms with Gasteiger partial charge in [0.05, 0.1) is 11.4 Å². The maximum atomic E-state index is 13.7. The van der Waals surface area contributed by atoms with Crippen molar-refractivity contribution in [1.82, 2.24) is 4.98 Å². The van der Waals surface area contributed by atoms with Gasteiger partial charge in [-0.05, 0) is 43.7 Å². The summed E-state index contributed by atoms with van der Waals surface area (Å²) < 4.78 is 26.6. The fraction of sp³-hybridized carbons (Fsp3) is 0.111. The first-order chi connectivity index (χ1) is 11.9. The molecule has 0 aliphatic rings. The molecule has 3 rings (SSSR count). The third-order valence-electron chi connectivity index (χ3n) is 3.45. The Kier molecular flexibility index (Phi) is 4.76. The molecule has 0 aliphatic carbocycles. The van der Waals surface area contributed by atoms with Gasteiger partial charge in [-0.1, -0.05) is 23.5 Å². The molecular weight excluding hydrogens is 344 g/mol. The Morgan fingerprint density at radius 1 is 1.12 bits per heavy atom. The van der Waals surface area contributed by atoms with Crippen LogP contribution in [0.5, 0.6) is 0 Å². The van der Waals surface area contributed by atoms with Gasteiger partial charge >= 0.3 is 0 Å². The van der Waals surface area contributed by atoms with Gasteiger partial charge < -0.3 is 10.6 Å². The summed E-state index contributed by atoms with van der Waals surface area (Å²) >= 11 is 1.17. The second-order valence-electron chi connectivity index (χ2n) is 5.51. The molecule has 0 aliphatic heterocycles. The Hall–Kier alpha value is -2.80. The predicted octanol–water partition coefficient (Wildman–Crippen LogP) is 5.03. The maximum absolute atomic E-state index is 13.7. The third-order valence-corrected chi connectivity index (χ3v) is 4.52. The Morgan fingerprint density at radius 2 is 1.92 bits per heavy atom. The van der Waals surface area contributed by atoms with Gasteiger partial charge in [-0.2, -0.15) is 0 Å². The number of benzene rings is 2. The smallest absolute Gasteiger partial charge is 0.267 e. The van der Waals surface area contributed by atoms with Gasteiger partial charge in [0.25, 0.3) is 5.91 Å². The molecule has 1 aromatic heterocycles. The van der Waals surface area contributed by atoms with Crippen LogP contribution in [0.25, 0.3) is 0 Å². The van der Waals surface area contributed by atoms with Crippen LogP contribution >= 0.6 is 11.3 Å². The van der Waals surface area contributed by atoms with Crippen molar-refractivity contribution in [2.24, 2.45) is 0 Å². The van der Waals surface area contributed by atoms with Crippen molar-refractivity contribution in [2.75, 3.05) is 10.6 Å². The van der Waals surface area contributed by atoms with E-state index in [1.165, 1.54) is 17.4 Å². The number of amides is 1. The summed E-state index contributed by atoms with van der Waals surface area (Å²) in [6.07, 6.45) is 0. The highest BCUT2D eigenvalue weighted by Crippen LogP contribution is 2.27. The van der Waals surface area contributed by atoms with Crippen molar-refractivity contribution in [3.05, 3.63) is 70.2 Å². The number of hydrogen-bond donors (Lipinski definition) is 2. The molecule has 0 saturated heterocycles. The molecule has 0 unspecified atom stereocenters. The Balaban J connectivity index is 1.78. The molecule has 0 fully saturated rings. The largest absolute Gasteiger partial charge is 0.332 e. The molecule has 128 valence electrons. The van der Waals surface area contributed by atoms with Crippen molar-refractivity contribution in [1.29, 1.82) is 0 Å². The minimum absolute atomic E-state index is 0.0765. The Labute approximate surface area is 147 Å². The predicted molar refractivity (Wildman–Crippen MR) is 95.6 cm³/mol. The minimum Gasteiger partial charge on any atom is -0.332 e. The van der Waals surface area contributed by atoms with Crippen LogP contribution in [0.1, 0.15) is 20.9 Å². The van der Waals surface area contributed by atoms with Gasteiger partial charge in [0.2, 0.25) is 0 Å². The molecule has 0 atom stereocenters. The van der Waals surface area contributed by atoms with Gasteiger partial charge in [0.15, 0.2) is 5.13 Å². The van der Waals surface area contributed by atoms with Crippen molar-refractivity contribution < 1.29 is 13.6 Å². The van der Waals surface area contributed by atoms with Crippen LogP contribution in [0.3, 0.4) is 0 Å². The van der Waals surface area contributed by atoms with Crippen LogP contribution < -0.4 is 10.6 Å². The van der Waals surface area contributed by atoms with E-state index in [-0.39, 0.29) is 5.69 Å². The molecule has 2 aromatic carbocycles. The van der Waals surface area contributed by atoms with Crippen LogP contribution in [0.4, 0.5) is 25.3 Å². The van der Waals surface area contributed by atoms with E-state index in [0.717, 1.165) is 23.4 Å². The molecule has 25 heavy (non-hydrogen) atoms. The maximum Gasteiger partial charge on any atom is 0.267 e. The normalized spacial score (nSPS) is 10.6. The van der Waals surface area contributed by atoms with Crippen LogP contribution in [0.2, 0.25) is 0 Å². The summed E-state index contributed by atoms with van der Waals surface area (Å²) in [4.78, 5) is 17.1. The average Bonchev–Trinajstić information content (AvgIpc) is 2.90. The van der Waals surface area contributed by atoms with Gasteiger partial charge in [-0.15, -0.1) is 0 Å². The summed E-state index contributed by atoms with van der Waals surface area (Å²) in [7, 11) is 0. The number of rotatable bonds is 4. The number of carbonyl (C=O) groups excluding carboxylic acids is 1. The summed E-state index contributed by atoms with van der Waals surface area (Å²) in [5.41, 5.74) is 2.42. The number of halogens is 2. The molecule has 0 saturated carbocycles. The molecule has 4 nitrogen and oxygen atoms in total. The number of hydrogen-bond acceptors (Lipinski definition) is 4. The number of anilines is 3. The number of aryl methyl sites for hydroxylation is 2. The van der Waals surface area contributed by atoms with E-state index in [0.29, 0.717) is 15.7 Å². The molecule has 0 bridgehead atoms. The standard InChI is InChI=1S/C18H15F2N3OS/c1-10-4-3-5-13(8-10)22-18-21-11(2)16(25-18)17(24)23-15-7-6-12(19)9-14(15)20/h3-9H,1-2H3,(H,21,22)(H,23,24). The molecule has 1 amide bonds. The van der Waals surface area contributed by atoms with E-state index < -0.39 is 17.5 Å². The molecule has 1 heterocycles. The lowest BCUT2D eigenvalue weighted by molar-refractivity contribution is 0.102. The lowest BCUT2D eigenvalue weighted by Gasteiger charge is -2.05. The van der Waals surface area contributed by atoms with Gasteiger partial charge in [0.1, 0.15) is 16.5 Å². The van der Waals surface area contributed by atoms with Crippen molar-refractivity contribution >= 4 is 33.8 Å². The summed E-state index contributed by atoms with van der Waals surface area (Å²) in [6.45, 7) is 3.68. The monoisotopic (exact) mass is 359 g/mol. The number of aromatic nitrogens is 1. The van der Waals surface area contributed by atoms with E-state index in [9.17, 15) is 13.6 Å². The quantitative estimate of drug-likeness (QED) is 0.687. The average molecular weight is 359 g/mol. The summed E-state index contributed by atoms with van der Waals surface area (Å²) in [5, 5.41) is 6.15. The van der Waals surface area contributed by atoms with E-state index in [2.05, 4.69) is 15.6 Å². The van der Waals surface area contributed by atoms with E-state index >= 15 is 0 Å². The second kappa shape index (κ2) is 6.98. The lowest BCUT2D eigenvalue weighted by atomic mass is 10.2. The summed E-state index contributed by atoms with van der Waals surface area (Å²) in [6, 6.07) is 10.8. The molecule has 3 aromatic rings. The fourth-order valence-corrected chi connectivity index (χ4v) is 3.16. The first-order valence-corrected chi connectivity index (χ1v) is 8.31. The van der Waals surface area contributed by atoms with Crippen molar-refractivity contribution in [2.45, 2.75) is 13.8 Å². The number of thiazole rings is 1. The fourth-order valence-electron chi connectivity index (χ4n) is 2.28.